The molecule has 3 amide bonds. The van der Waals surface area contributed by atoms with Crippen molar-refractivity contribution in [3.05, 3.63) is 77.0 Å². The molecule has 3 heterocycles. The first kappa shape index (κ1) is 18.6. The fourth-order valence-electron chi connectivity index (χ4n) is 3.75. The smallest absolute Gasteiger partial charge is 0.261 e. The first-order valence-electron chi connectivity index (χ1n) is 9.62. The van der Waals surface area contributed by atoms with Crippen LogP contribution in [0.4, 0.5) is 5.82 Å². The van der Waals surface area contributed by atoms with Crippen molar-refractivity contribution in [2.75, 3.05) is 11.9 Å². The zero-order valence-electron chi connectivity index (χ0n) is 16.0. The molecule has 2 aromatic carbocycles. The minimum Gasteiger partial charge on any atom is -0.310 e. The number of imide groups is 1. The third-order valence-corrected chi connectivity index (χ3v) is 6.22. The molecule has 0 unspecified atom stereocenters. The van der Waals surface area contributed by atoms with Crippen molar-refractivity contribution < 1.29 is 14.4 Å². The van der Waals surface area contributed by atoms with E-state index in [1.807, 2.05) is 30.3 Å². The number of hydrogen-bond acceptors (Lipinski definition) is 5. The fraction of sp³-hybridized carbons (Fsp3) is 0.182. The van der Waals surface area contributed by atoms with Gasteiger partial charge in [-0.1, -0.05) is 30.3 Å². The predicted octanol–water partition coefficient (Wildman–Crippen LogP) is 3.24. The summed E-state index contributed by atoms with van der Waals surface area (Å²) in [6, 6.07) is 16.4. The molecule has 0 fully saturated rings. The van der Waals surface area contributed by atoms with E-state index in [9.17, 15) is 14.4 Å². The number of fused-ring (bicyclic) bond motifs is 2. The molecular formula is C22H18N4O3S. The van der Waals surface area contributed by atoms with Crippen molar-refractivity contribution in [1.82, 2.24) is 14.7 Å². The van der Waals surface area contributed by atoms with Gasteiger partial charge in [0, 0.05) is 30.0 Å². The van der Waals surface area contributed by atoms with Gasteiger partial charge in [-0.2, -0.15) is 16.9 Å². The summed E-state index contributed by atoms with van der Waals surface area (Å²) in [5.41, 5.74) is 3.64. The summed E-state index contributed by atoms with van der Waals surface area (Å²) in [5.74, 6) is 1.30. The Morgan fingerprint density at radius 3 is 2.33 bits per heavy atom. The first-order chi connectivity index (χ1) is 14.6. The maximum atomic E-state index is 12.7. The van der Waals surface area contributed by atoms with Crippen LogP contribution in [0.3, 0.4) is 0 Å². The normalized spacial score (nSPS) is 14.7. The molecule has 7 nitrogen and oxygen atoms in total. The topological polar surface area (TPSA) is 84.3 Å². The number of para-hydroxylation sites is 1. The molecule has 1 aromatic heterocycles. The maximum absolute atomic E-state index is 12.7. The number of anilines is 1. The molecular weight excluding hydrogens is 400 g/mol. The Hall–Kier alpha value is -3.39. The zero-order chi connectivity index (χ0) is 20.7. The summed E-state index contributed by atoms with van der Waals surface area (Å²) in [4.78, 5) is 38.8. The van der Waals surface area contributed by atoms with Crippen LogP contribution in [0.15, 0.2) is 54.6 Å². The van der Waals surface area contributed by atoms with E-state index in [1.54, 1.807) is 40.7 Å². The Kier molecular flexibility index (Phi) is 4.63. The van der Waals surface area contributed by atoms with Crippen LogP contribution in [-0.4, -0.2) is 38.9 Å². The van der Waals surface area contributed by atoms with Crippen molar-refractivity contribution in [3.8, 4) is 5.69 Å². The summed E-state index contributed by atoms with van der Waals surface area (Å²) >= 11 is 1.76. The van der Waals surface area contributed by atoms with Gasteiger partial charge in [0.1, 0.15) is 5.82 Å². The average Bonchev–Trinajstić information content (AvgIpc) is 3.42. The number of carbonyl (C=O) groups excluding carboxylic acids is 3. The van der Waals surface area contributed by atoms with Gasteiger partial charge in [-0.15, -0.1) is 0 Å². The molecule has 150 valence electrons. The molecule has 2 aliphatic rings. The van der Waals surface area contributed by atoms with E-state index in [0.717, 1.165) is 33.4 Å². The molecule has 0 spiro atoms. The van der Waals surface area contributed by atoms with Crippen LogP contribution in [0.5, 0.6) is 0 Å². The number of carbonyl (C=O) groups is 3. The highest BCUT2D eigenvalue weighted by Crippen LogP contribution is 2.36. The van der Waals surface area contributed by atoms with Crippen LogP contribution < -0.4 is 5.32 Å². The van der Waals surface area contributed by atoms with E-state index in [0.29, 0.717) is 16.9 Å². The second-order valence-corrected chi connectivity index (χ2v) is 8.11. The number of amides is 3. The largest absolute Gasteiger partial charge is 0.310 e. The Labute approximate surface area is 177 Å². The second kappa shape index (κ2) is 7.46. The monoisotopic (exact) mass is 418 g/mol. The third kappa shape index (κ3) is 3.09. The van der Waals surface area contributed by atoms with E-state index in [-0.39, 0.29) is 30.7 Å². The Balaban J connectivity index is 1.33. The highest BCUT2D eigenvalue weighted by Gasteiger charge is 2.35. The van der Waals surface area contributed by atoms with Gasteiger partial charge in [0.15, 0.2) is 0 Å². The number of aromatic nitrogens is 2. The van der Waals surface area contributed by atoms with Crippen LogP contribution in [0.1, 0.15) is 38.4 Å². The van der Waals surface area contributed by atoms with Crippen molar-refractivity contribution in [3.63, 3.8) is 0 Å². The van der Waals surface area contributed by atoms with Crippen LogP contribution in [0.2, 0.25) is 0 Å². The lowest BCUT2D eigenvalue weighted by atomic mass is 10.1. The molecule has 3 aromatic rings. The number of hydrogen-bond donors (Lipinski definition) is 1. The van der Waals surface area contributed by atoms with Crippen molar-refractivity contribution in [2.24, 2.45) is 0 Å². The van der Waals surface area contributed by atoms with Crippen LogP contribution in [0.25, 0.3) is 5.69 Å². The van der Waals surface area contributed by atoms with Crippen LogP contribution in [-0.2, 0) is 16.3 Å². The van der Waals surface area contributed by atoms with E-state index in [4.69, 9.17) is 0 Å². The third-order valence-electron chi connectivity index (χ3n) is 5.25. The highest BCUT2D eigenvalue weighted by atomic mass is 32.2. The number of thioether (sulfide) groups is 1. The van der Waals surface area contributed by atoms with Crippen molar-refractivity contribution in [2.45, 2.75) is 17.9 Å². The lowest BCUT2D eigenvalue weighted by Crippen LogP contribution is -2.33. The molecule has 0 saturated heterocycles. The van der Waals surface area contributed by atoms with Crippen LogP contribution >= 0.6 is 11.8 Å². The second-order valence-electron chi connectivity index (χ2n) is 7.12. The average molecular weight is 418 g/mol. The van der Waals surface area contributed by atoms with E-state index in [2.05, 4.69) is 10.4 Å². The molecule has 0 saturated carbocycles. The lowest BCUT2D eigenvalue weighted by Gasteiger charge is -2.14. The quantitative estimate of drug-likeness (QED) is 0.643. The van der Waals surface area contributed by atoms with Crippen molar-refractivity contribution in [1.29, 1.82) is 0 Å². The Bertz CT molecular complexity index is 1140. The number of rotatable bonds is 5. The molecule has 0 atom stereocenters. The predicted molar refractivity (Wildman–Crippen MR) is 114 cm³/mol. The number of nitrogens with one attached hydrogen (secondary N) is 1. The molecule has 5 rings (SSSR count). The Morgan fingerprint density at radius 1 is 0.967 bits per heavy atom. The molecule has 30 heavy (non-hydrogen) atoms. The molecule has 2 aliphatic heterocycles. The molecule has 0 aliphatic carbocycles. The van der Waals surface area contributed by atoms with E-state index < -0.39 is 0 Å². The Morgan fingerprint density at radius 2 is 1.63 bits per heavy atom. The van der Waals surface area contributed by atoms with Crippen molar-refractivity contribution >= 4 is 35.3 Å². The molecule has 0 bridgehead atoms. The highest BCUT2D eigenvalue weighted by molar-refractivity contribution is 7.98. The number of benzene rings is 2. The summed E-state index contributed by atoms with van der Waals surface area (Å²) in [5, 5.41) is 7.63. The van der Waals surface area contributed by atoms with Gasteiger partial charge in [-0.25, -0.2) is 4.68 Å². The van der Waals surface area contributed by atoms with Gasteiger partial charge in [0.25, 0.3) is 11.8 Å². The van der Waals surface area contributed by atoms with Gasteiger partial charge in [0.05, 0.1) is 22.5 Å². The fourth-order valence-corrected chi connectivity index (χ4v) is 4.78. The summed E-state index contributed by atoms with van der Waals surface area (Å²) < 4.78 is 1.75. The number of nitrogens with zero attached hydrogens (tertiary/aromatic N) is 3. The zero-order valence-corrected chi connectivity index (χ0v) is 16.8. The summed E-state index contributed by atoms with van der Waals surface area (Å²) in [6.07, 6.45) is 0.0212. The first-order valence-corrected chi connectivity index (χ1v) is 10.8. The van der Waals surface area contributed by atoms with Gasteiger partial charge >= 0.3 is 0 Å². The lowest BCUT2D eigenvalue weighted by molar-refractivity contribution is -0.116. The van der Waals surface area contributed by atoms with Gasteiger partial charge < -0.3 is 5.32 Å². The minimum absolute atomic E-state index is 0.0212. The van der Waals surface area contributed by atoms with Gasteiger partial charge in [0.2, 0.25) is 5.91 Å². The minimum atomic E-state index is -0.352. The van der Waals surface area contributed by atoms with Crippen LogP contribution in [0, 0.1) is 0 Å². The van der Waals surface area contributed by atoms with Gasteiger partial charge in [-0.3, -0.25) is 19.3 Å². The SMILES string of the molecule is O=C(CCN1C(=O)c2ccccc2C1=O)Nc1c2c(nn1-c1ccccc1)CSC2. The van der Waals surface area contributed by atoms with Gasteiger partial charge in [-0.05, 0) is 24.3 Å². The summed E-state index contributed by atoms with van der Waals surface area (Å²) in [7, 11) is 0. The van der Waals surface area contributed by atoms with E-state index >= 15 is 0 Å². The maximum Gasteiger partial charge on any atom is 0.261 e. The molecule has 1 N–H and O–H groups in total. The summed E-state index contributed by atoms with van der Waals surface area (Å²) in [6.45, 7) is 0.0363. The molecule has 0 radical (unpaired) electrons. The standard InChI is InChI=1S/C22H18N4O3S/c27-19(10-11-25-21(28)15-8-4-5-9-16(15)22(25)29)23-20-17-12-30-13-18(17)24-26(20)14-6-2-1-3-7-14/h1-9H,10-13H2,(H,23,27). The molecule has 8 heteroatoms. The van der Waals surface area contributed by atoms with E-state index in [1.165, 1.54) is 0 Å².